The van der Waals surface area contributed by atoms with Gasteiger partial charge in [0, 0.05) is 32.4 Å². The molecule has 1 fully saturated rings. The van der Waals surface area contributed by atoms with Crippen LogP contribution in [0.4, 0.5) is 5.69 Å². The van der Waals surface area contributed by atoms with Crippen LogP contribution in [0.15, 0.2) is 29.2 Å². The molecule has 212 valence electrons. The van der Waals surface area contributed by atoms with Crippen LogP contribution in [0.1, 0.15) is 87.4 Å². The number of nitrogens with zero attached hydrogens (tertiary/aromatic N) is 3. The predicted octanol–water partition coefficient (Wildman–Crippen LogP) is 5.95. The molecule has 0 aliphatic carbocycles. The average Bonchev–Trinajstić information content (AvgIpc) is 2.87. The van der Waals surface area contributed by atoms with Crippen LogP contribution in [0.5, 0.6) is 5.88 Å². The smallest absolute Gasteiger partial charge is 0.341 e. The second-order valence-electron chi connectivity index (χ2n) is 11.3. The van der Waals surface area contributed by atoms with Crippen LogP contribution < -0.4 is 9.50 Å². The molecule has 2 aromatic carbocycles. The normalized spacial score (nSPS) is 15.1. The topological polar surface area (TPSA) is 93.6 Å². The maximum absolute atomic E-state index is 14.1. The number of rotatable bonds is 9. The number of hydrogen-bond donors (Lipinski definition) is 1. The zero-order chi connectivity index (χ0) is 28.5. The van der Waals surface area contributed by atoms with Gasteiger partial charge in [0.25, 0.3) is 0 Å². The van der Waals surface area contributed by atoms with Crippen LogP contribution >= 0.6 is 0 Å². The molecule has 0 bridgehead atoms. The highest BCUT2D eigenvalue weighted by Crippen LogP contribution is 2.38. The maximum Gasteiger partial charge on any atom is 0.341 e. The van der Waals surface area contributed by atoms with Crippen LogP contribution in [0, 0.1) is 6.92 Å². The molecular weight excluding hydrogens is 512 g/mol. The molecule has 0 radical (unpaired) electrons. The van der Waals surface area contributed by atoms with Crippen molar-refractivity contribution in [2.24, 2.45) is 0 Å². The third kappa shape index (κ3) is 6.36. The number of benzene rings is 2. The molecule has 1 N–H and O–H groups in total. The van der Waals surface area contributed by atoms with Gasteiger partial charge in [-0.05, 0) is 59.1 Å². The lowest BCUT2D eigenvalue weighted by Gasteiger charge is -2.27. The van der Waals surface area contributed by atoms with Gasteiger partial charge in [-0.25, -0.2) is 4.98 Å². The van der Waals surface area contributed by atoms with Crippen LogP contribution in [0.3, 0.4) is 0 Å². The fourth-order valence-corrected chi connectivity index (χ4v) is 6.64. The highest BCUT2D eigenvalue weighted by Gasteiger charge is 2.30. The van der Waals surface area contributed by atoms with Crippen LogP contribution in [0.25, 0.3) is 10.9 Å². The summed E-state index contributed by atoms with van der Waals surface area (Å²) in [6.45, 7) is 18.0. The minimum Gasteiger partial charge on any atom is -0.388 e. The Morgan fingerprint density at radius 1 is 0.949 bits per heavy atom. The van der Waals surface area contributed by atoms with Crippen molar-refractivity contribution in [2.45, 2.75) is 77.7 Å². The van der Waals surface area contributed by atoms with E-state index in [1.165, 1.54) is 0 Å². The number of anilines is 1. The van der Waals surface area contributed by atoms with Gasteiger partial charge >= 0.3 is 10.1 Å². The van der Waals surface area contributed by atoms with Crippen LogP contribution in [-0.4, -0.2) is 56.6 Å². The molecule has 9 heteroatoms. The molecule has 1 aromatic heterocycles. The number of aromatic nitrogens is 2. The van der Waals surface area contributed by atoms with Gasteiger partial charge in [0.1, 0.15) is 10.7 Å². The fraction of sp³-hybridized carbons (Fsp3) is 0.533. The van der Waals surface area contributed by atoms with Crippen molar-refractivity contribution in [1.82, 2.24) is 14.9 Å². The van der Waals surface area contributed by atoms with Gasteiger partial charge < -0.3 is 14.2 Å². The van der Waals surface area contributed by atoms with Crippen molar-refractivity contribution in [3.63, 3.8) is 0 Å². The van der Waals surface area contributed by atoms with E-state index in [-0.39, 0.29) is 28.5 Å². The van der Waals surface area contributed by atoms with Gasteiger partial charge in [0.2, 0.25) is 5.88 Å². The van der Waals surface area contributed by atoms with E-state index >= 15 is 0 Å². The van der Waals surface area contributed by atoms with Gasteiger partial charge in [0.15, 0.2) is 0 Å². The molecule has 8 nitrogen and oxygen atoms in total. The molecule has 0 saturated carbocycles. The first kappa shape index (κ1) is 29.2. The van der Waals surface area contributed by atoms with Gasteiger partial charge in [0.05, 0.1) is 24.1 Å². The van der Waals surface area contributed by atoms with Gasteiger partial charge in [-0.1, -0.05) is 53.7 Å². The molecule has 1 aliphatic rings. The van der Waals surface area contributed by atoms with E-state index < -0.39 is 10.1 Å². The fourth-order valence-electron chi connectivity index (χ4n) is 5.05. The Balaban J connectivity index is 1.83. The molecule has 0 amide bonds. The average molecular weight is 555 g/mol. The Labute approximate surface area is 233 Å². The van der Waals surface area contributed by atoms with Crippen molar-refractivity contribution in [1.29, 1.82) is 0 Å². The zero-order valence-corrected chi connectivity index (χ0v) is 25.3. The Kier molecular flexibility index (Phi) is 8.83. The molecule has 0 unspecified atom stereocenters. The lowest BCUT2D eigenvalue weighted by Crippen LogP contribution is -2.35. The van der Waals surface area contributed by atoms with E-state index in [4.69, 9.17) is 8.92 Å². The summed E-state index contributed by atoms with van der Waals surface area (Å²) in [7, 11) is -2.34. The molecule has 4 rings (SSSR count). The first-order chi connectivity index (χ1) is 18.4. The molecule has 3 aromatic rings. The Hall–Kier alpha value is -2.75. The monoisotopic (exact) mass is 554 g/mol. The van der Waals surface area contributed by atoms with E-state index in [9.17, 15) is 8.42 Å². The summed E-state index contributed by atoms with van der Waals surface area (Å²) >= 11 is 0. The lowest BCUT2D eigenvalue weighted by molar-refractivity contribution is 0.0343. The van der Waals surface area contributed by atoms with Crippen molar-refractivity contribution < 1.29 is 17.3 Å². The summed E-state index contributed by atoms with van der Waals surface area (Å²) in [5.74, 6) is 0.766. The Bertz CT molecular complexity index is 1420. The number of aryl methyl sites for hydroxylation is 1. The zero-order valence-electron chi connectivity index (χ0n) is 24.5. The maximum atomic E-state index is 14.1. The predicted molar refractivity (Wildman–Crippen MR) is 156 cm³/mol. The second kappa shape index (κ2) is 11.8. The minimum atomic E-state index is -4.20. The summed E-state index contributed by atoms with van der Waals surface area (Å²) in [6, 6.07) is 7.92. The number of fused-ring (bicyclic) bond motifs is 1. The summed E-state index contributed by atoms with van der Waals surface area (Å²) < 4.78 is 39.5. The summed E-state index contributed by atoms with van der Waals surface area (Å²) in [4.78, 5) is 11.7. The van der Waals surface area contributed by atoms with Crippen LogP contribution in [-0.2, 0) is 21.4 Å². The van der Waals surface area contributed by atoms with Crippen molar-refractivity contribution in [3.05, 3.63) is 52.3 Å². The largest absolute Gasteiger partial charge is 0.388 e. The minimum absolute atomic E-state index is 0.00269. The van der Waals surface area contributed by atoms with E-state index in [2.05, 4.69) is 34.0 Å². The van der Waals surface area contributed by atoms with Gasteiger partial charge in [-0.15, -0.1) is 0 Å². The third-order valence-corrected chi connectivity index (χ3v) is 8.63. The second-order valence-corrected chi connectivity index (χ2v) is 12.8. The molecule has 1 saturated heterocycles. The van der Waals surface area contributed by atoms with E-state index in [0.29, 0.717) is 29.9 Å². The molecule has 39 heavy (non-hydrogen) atoms. The van der Waals surface area contributed by atoms with E-state index in [1.807, 2.05) is 59.0 Å². The molecule has 0 spiro atoms. The molecule has 1 aliphatic heterocycles. The summed E-state index contributed by atoms with van der Waals surface area (Å²) in [5.41, 5.74) is 5.27. The standard InChI is InChI=1S/C30H42N4O4S/c1-18(2)22-13-24(19(3)4)29(25(14-22)20(5)6)39(35,36)38-30-26-16-27(31-8)23(15-28(26)32-21(7)33-30)17-34-9-11-37-12-10-34/h13-16,18-20,31H,9-12,17H2,1-8H3. The number of morpholine rings is 1. The lowest BCUT2D eigenvalue weighted by atomic mass is 9.89. The van der Waals surface area contributed by atoms with Gasteiger partial charge in [-0.2, -0.15) is 13.4 Å². The van der Waals surface area contributed by atoms with Gasteiger partial charge in [-0.3, -0.25) is 4.90 Å². The van der Waals surface area contributed by atoms with Crippen LogP contribution in [0.2, 0.25) is 0 Å². The highest BCUT2D eigenvalue weighted by molar-refractivity contribution is 7.87. The number of ether oxygens (including phenoxy) is 1. The highest BCUT2D eigenvalue weighted by atomic mass is 32.2. The van der Waals surface area contributed by atoms with E-state index in [1.54, 1.807) is 6.92 Å². The SMILES string of the molecule is CNc1cc2c(OS(=O)(=O)c3c(C(C)C)cc(C(C)C)cc3C(C)C)nc(C)nc2cc1CN1CCOCC1. The van der Waals surface area contributed by atoms with Crippen molar-refractivity contribution in [3.8, 4) is 5.88 Å². The third-order valence-electron chi connectivity index (χ3n) is 7.28. The number of nitrogens with one attached hydrogen (secondary N) is 1. The van der Waals surface area contributed by atoms with Crippen molar-refractivity contribution in [2.75, 3.05) is 38.7 Å². The summed E-state index contributed by atoms with van der Waals surface area (Å²) in [6.07, 6.45) is 0. The summed E-state index contributed by atoms with van der Waals surface area (Å²) in [5, 5.41) is 3.81. The quantitative estimate of drug-likeness (QED) is 0.324. The number of hydrogen-bond acceptors (Lipinski definition) is 8. The first-order valence-corrected chi connectivity index (χ1v) is 15.2. The van der Waals surface area contributed by atoms with Crippen molar-refractivity contribution >= 4 is 26.7 Å². The Morgan fingerprint density at radius 3 is 2.10 bits per heavy atom. The molecular formula is C30H42N4O4S. The first-order valence-electron chi connectivity index (χ1n) is 13.8. The Morgan fingerprint density at radius 2 is 1.56 bits per heavy atom. The van der Waals surface area contributed by atoms with E-state index in [0.717, 1.165) is 47.6 Å². The molecule has 0 atom stereocenters. The molecule has 2 heterocycles.